The minimum atomic E-state index is -1.85. The Bertz CT molecular complexity index is 1550. The zero-order valence-corrected chi connectivity index (χ0v) is 31.4. The third-order valence-electron chi connectivity index (χ3n) is 9.76. The summed E-state index contributed by atoms with van der Waals surface area (Å²) in [5, 5.41) is 14.4. The Balaban J connectivity index is 1.78. The molecule has 4 heterocycles. The van der Waals surface area contributed by atoms with E-state index in [1.54, 1.807) is 45.2 Å². The highest BCUT2D eigenvalue weighted by Gasteiger charge is 2.63. The zero-order chi connectivity index (χ0) is 37.2. The number of anilines is 1. The summed E-state index contributed by atoms with van der Waals surface area (Å²) in [6, 6.07) is 2.60. The molecular weight excluding hydrogens is 690 g/mol. The van der Waals surface area contributed by atoms with Crippen LogP contribution in [0.15, 0.2) is 35.9 Å². The molecule has 0 spiro atoms. The summed E-state index contributed by atoms with van der Waals surface area (Å²) in [5.74, 6) is -0.793. The van der Waals surface area contributed by atoms with Gasteiger partial charge in [-0.15, -0.1) is 0 Å². The Morgan fingerprint density at radius 2 is 1.92 bits per heavy atom. The van der Waals surface area contributed by atoms with Crippen molar-refractivity contribution >= 4 is 53.8 Å². The normalized spacial score (nSPS) is 32.3. The SMILES string of the molecule is COc1cc2cc(c1Cl)N(C)C(=O)C[C@H](OC(=O)[C@H](C)N(C)C(=O)CCS)[C@@]1(C)CC(C)(O1)[C@@H]1C[C@@](O)(NC(=O)O1)[C@H](OC)/C=C/C=C(\C)C2. The van der Waals surface area contributed by atoms with E-state index in [0.29, 0.717) is 23.6 Å². The first kappa shape index (κ1) is 39.5. The van der Waals surface area contributed by atoms with E-state index >= 15 is 0 Å². The lowest BCUT2D eigenvalue weighted by Gasteiger charge is -2.59. The van der Waals surface area contributed by atoms with Gasteiger partial charge in [0, 0.05) is 40.5 Å². The summed E-state index contributed by atoms with van der Waals surface area (Å²) in [5.41, 5.74) is -2.11. The maximum Gasteiger partial charge on any atom is 0.409 e. The number of ether oxygens (including phenoxy) is 5. The molecular formula is C35H48ClN3O10S. The van der Waals surface area contributed by atoms with Gasteiger partial charge in [0.2, 0.25) is 11.8 Å². The van der Waals surface area contributed by atoms with Gasteiger partial charge in [-0.1, -0.05) is 35.4 Å². The number of alkyl carbamates (subject to hydrolysis) is 1. The van der Waals surface area contributed by atoms with Crippen molar-refractivity contribution in [2.24, 2.45) is 0 Å². The van der Waals surface area contributed by atoms with Gasteiger partial charge in [-0.3, -0.25) is 14.9 Å². The van der Waals surface area contributed by atoms with Crippen molar-refractivity contribution in [2.75, 3.05) is 39.0 Å². The monoisotopic (exact) mass is 737 g/mol. The van der Waals surface area contributed by atoms with Crippen LogP contribution in [0.25, 0.3) is 0 Å². The van der Waals surface area contributed by atoms with Crippen LogP contribution in [0.5, 0.6) is 5.75 Å². The number of rotatable bonds is 7. The molecule has 1 aromatic rings. The van der Waals surface area contributed by atoms with Gasteiger partial charge in [-0.2, -0.15) is 12.6 Å². The maximum atomic E-state index is 14.0. The molecule has 2 saturated heterocycles. The number of aliphatic hydroxyl groups is 1. The number of hydrogen-bond donors (Lipinski definition) is 3. The lowest BCUT2D eigenvalue weighted by atomic mass is 9.72. The molecule has 6 bridgehead atoms. The van der Waals surface area contributed by atoms with E-state index < -0.39 is 59.3 Å². The molecule has 50 heavy (non-hydrogen) atoms. The van der Waals surface area contributed by atoms with Crippen molar-refractivity contribution in [3.63, 3.8) is 0 Å². The smallest absolute Gasteiger partial charge is 0.409 e. The van der Waals surface area contributed by atoms with Gasteiger partial charge in [0.15, 0.2) is 5.72 Å². The second kappa shape index (κ2) is 15.5. The number of thiol groups is 1. The molecule has 0 radical (unpaired) electrons. The van der Waals surface area contributed by atoms with Gasteiger partial charge >= 0.3 is 12.1 Å². The molecule has 7 atom stereocenters. The molecule has 2 N–H and O–H groups in total. The quantitative estimate of drug-likeness (QED) is 0.277. The second-order valence-corrected chi connectivity index (χ2v) is 14.5. The van der Waals surface area contributed by atoms with Gasteiger partial charge in [0.1, 0.15) is 46.3 Å². The molecule has 2 fully saturated rings. The fraction of sp³-hybridized carbons (Fsp3) is 0.600. The van der Waals surface area contributed by atoms with E-state index in [1.165, 1.54) is 38.0 Å². The molecule has 4 aliphatic heterocycles. The fourth-order valence-corrected chi connectivity index (χ4v) is 7.29. The van der Waals surface area contributed by atoms with E-state index in [4.69, 9.17) is 35.3 Å². The van der Waals surface area contributed by atoms with Crippen molar-refractivity contribution in [3.8, 4) is 5.75 Å². The van der Waals surface area contributed by atoms with Crippen LogP contribution < -0.4 is 15.0 Å². The van der Waals surface area contributed by atoms with Crippen LogP contribution >= 0.6 is 24.2 Å². The molecule has 4 aliphatic rings. The number of fused-ring (bicyclic) bond motifs is 6. The molecule has 276 valence electrons. The summed E-state index contributed by atoms with van der Waals surface area (Å²) in [4.78, 5) is 55.6. The molecule has 0 aromatic heterocycles. The number of esters is 1. The van der Waals surface area contributed by atoms with Gasteiger partial charge in [-0.25, -0.2) is 9.59 Å². The van der Waals surface area contributed by atoms with Gasteiger partial charge in [0.05, 0.1) is 19.2 Å². The van der Waals surface area contributed by atoms with Gasteiger partial charge in [-0.05, 0) is 57.6 Å². The molecule has 1 unspecified atom stereocenters. The second-order valence-electron chi connectivity index (χ2n) is 13.7. The van der Waals surface area contributed by atoms with Crippen LogP contribution in [0.1, 0.15) is 58.9 Å². The Hall–Kier alpha value is -3.30. The number of benzene rings is 1. The predicted molar refractivity (Wildman–Crippen MR) is 189 cm³/mol. The van der Waals surface area contributed by atoms with E-state index in [9.17, 15) is 24.3 Å². The Labute approximate surface area is 303 Å². The van der Waals surface area contributed by atoms with Crippen LogP contribution in [0.3, 0.4) is 0 Å². The fourth-order valence-electron chi connectivity index (χ4n) is 6.78. The molecule has 0 saturated carbocycles. The molecule has 5 rings (SSSR count). The summed E-state index contributed by atoms with van der Waals surface area (Å²) in [6.45, 7) is 6.88. The number of carbonyl (C=O) groups is 4. The van der Waals surface area contributed by atoms with Crippen molar-refractivity contribution in [1.29, 1.82) is 0 Å². The van der Waals surface area contributed by atoms with Crippen LogP contribution in [0.4, 0.5) is 10.5 Å². The summed E-state index contributed by atoms with van der Waals surface area (Å²) in [7, 11) is 5.97. The maximum absolute atomic E-state index is 14.0. The first-order valence-electron chi connectivity index (χ1n) is 16.4. The molecule has 1 aromatic carbocycles. The number of halogens is 1. The van der Waals surface area contributed by atoms with Crippen LogP contribution in [-0.2, 0) is 39.8 Å². The zero-order valence-electron chi connectivity index (χ0n) is 29.8. The Morgan fingerprint density at radius 3 is 2.54 bits per heavy atom. The van der Waals surface area contributed by atoms with Crippen molar-refractivity contribution in [3.05, 3.63) is 46.5 Å². The Kier molecular flexibility index (Phi) is 12.3. The van der Waals surface area contributed by atoms with Crippen molar-refractivity contribution in [1.82, 2.24) is 10.2 Å². The summed E-state index contributed by atoms with van der Waals surface area (Å²) < 4.78 is 29.3. The number of likely N-dealkylation sites (N-methyl/N-ethyl adjacent to an activating group) is 1. The number of carbonyl (C=O) groups excluding carboxylic acids is 4. The Morgan fingerprint density at radius 1 is 1.24 bits per heavy atom. The van der Waals surface area contributed by atoms with Crippen molar-refractivity contribution < 1.29 is 48.0 Å². The third kappa shape index (κ3) is 8.25. The standard InChI is InChI=1S/C35H48ClN3O10S/c1-20-10-9-11-25(46-8)35(44)18-27(48-32(43)37-35)34(4)19-33(3,49-34)26(47-31(42)21(2)38(5)28(40)12-13-50)17-29(41)39(6)23-15-22(14-20)16-24(45-7)30(23)36/h9-11,15-16,21,25-27,44,50H,12-14,17-19H2,1-8H3,(H,37,43)/b11-9+,20-10+/t21-,25+,26-,27-,33+,34?,35-/m0/s1. The lowest BCUT2D eigenvalue weighted by Crippen LogP contribution is -2.72. The highest BCUT2D eigenvalue weighted by Crippen LogP contribution is 2.50. The highest BCUT2D eigenvalue weighted by molar-refractivity contribution is 7.80. The number of allylic oxidation sites excluding steroid dienone is 3. The van der Waals surface area contributed by atoms with Gasteiger partial charge in [0.25, 0.3) is 0 Å². The van der Waals surface area contributed by atoms with E-state index in [1.807, 2.05) is 13.0 Å². The first-order chi connectivity index (χ1) is 23.4. The summed E-state index contributed by atoms with van der Waals surface area (Å²) in [6.07, 6.45) is 1.68. The van der Waals surface area contributed by atoms with Crippen LogP contribution in [0.2, 0.25) is 5.02 Å². The average molecular weight is 738 g/mol. The number of nitrogens with one attached hydrogen (secondary N) is 1. The highest BCUT2D eigenvalue weighted by atomic mass is 35.5. The molecule has 3 amide bonds. The average Bonchev–Trinajstić information content (AvgIpc) is 3.04. The van der Waals surface area contributed by atoms with E-state index in [-0.39, 0.29) is 36.6 Å². The number of nitrogens with zero attached hydrogens (tertiary/aromatic N) is 2. The number of amides is 3. The molecule has 15 heteroatoms. The number of hydrogen-bond acceptors (Lipinski definition) is 11. The molecule has 13 nitrogen and oxygen atoms in total. The van der Waals surface area contributed by atoms with Crippen LogP contribution in [0, 0.1) is 0 Å². The lowest BCUT2D eigenvalue weighted by molar-refractivity contribution is -0.328. The summed E-state index contributed by atoms with van der Waals surface area (Å²) >= 11 is 10.8. The number of methoxy groups -OCH3 is 2. The minimum Gasteiger partial charge on any atom is -0.495 e. The largest absolute Gasteiger partial charge is 0.495 e. The molecule has 0 aliphatic carbocycles. The van der Waals surface area contributed by atoms with E-state index in [2.05, 4.69) is 17.9 Å². The predicted octanol–water partition coefficient (Wildman–Crippen LogP) is 3.98. The minimum absolute atomic E-state index is 0.0950. The van der Waals surface area contributed by atoms with Gasteiger partial charge < -0.3 is 38.6 Å². The topological polar surface area (TPSA) is 153 Å². The first-order valence-corrected chi connectivity index (χ1v) is 17.4. The van der Waals surface area contributed by atoms with E-state index in [0.717, 1.165) is 11.1 Å². The van der Waals surface area contributed by atoms with Crippen LogP contribution in [-0.4, -0.2) is 109 Å². The third-order valence-corrected chi connectivity index (χ3v) is 10.4. The van der Waals surface area contributed by atoms with Crippen molar-refractivity contribution in [2.45, 2.75) is 101 Å².